The maximum atomic E-state index is 10.6. The summed E-state index contributed by atoms with van der Waals surface area (Å²) in [6.45, 7) is -0.267. The van der Waals surface area contributed by atoms with Gasteiger partial charge in [-0.05, 0) is 0 Å². The Morgan fingerprint density at radius 1 is 1.17 bits per heavy atom. The van der Waals surface area contributed by atoms with Gasteiger partial charge in [-0.1, -0.05) is 0 Å². The van der Waals surface area contributed by atoms with Crippen LogP contribution in [0.2, 0.25) is 0 Å². The van der Waals surface area contributed by atoms with Crippen LogP contribution >= 0.6 is 0 Å². The molecule has 0 aromatic heterocycles. The Morgan fingerprint density at radius 2 is 1.50 bits per heavy atom. The Bertz CT molecular complexity index is 153. The van der Waals surface area contributed by atoms with E-state index in [1.807, 2.05) is 0 Å². The quantitative estimate of drug-likeness (QED) is 0.319. The summed E-state index contributed by atoms with van der Waals surface area (Å²) in [5.74, 6) is 4.26. The van der Waals surface area contributed by atoms with Gasteiger partial charge >= 0.3 is 11.9 Å². The second-order valence-corrected chi connectivity index (χ2v) is 2.06. The molecule has 2 N–H and O–H groups in total. The molecule has 0 heterocycles. The molecule has 6 heteroatoms. The summed E-state index contributed by atoms with van der Waals surface area (Å²) >= 11 is 0. The van der Waals surface area contributed by atoms with Crippen LogP contribution in [0.3, 0.4) is 0 Å². The van der Waals surface area contributed by atoms with E-state index in [0.29, 0.717) is 0 Å². The molecule has 0 rings (SSSR count). The van der Waals surface area contributed by atoms with Crippen LogP contribution in [0.1, 0.15) is 0 Å². The van der Waals surface area contributed by atoms with Gasteiger partial charge in [0.1, 0.15) is 13.1 Å². The third-order valence-electron chi connectivity index (χ3n) is 1.12. The predicted octanol–water partition coefficient (Wildman–Crippen LogP) is -1.49. The first kappa shape index (κ1) is 10.9. The first-order valence-electron chi connectivity index (χ1n) is 3.23. The smallest absolute Gasteiger partial charge is 0.321 e. The highest BCUT2D eigenvalue weighted by atomic mass is 16.5. The normalized spacial score (nSPS) is 9.67. The molecule has 0 aliphatic heterocycles. The van der Waals surface area contributed by atoms with Crippen LogP contribution in [-0.4, -0.2) is 44.3 Å². The molecule has 6 nitrogen and oxygen atoms in total. The zero-order valence-electron chi connectivity index (χ0n) is 7.07. The van der Waals surface area contributed by atoms with Gasteiger partial charge in [-0.3, -0.25) is 15.4 Å². The summed E-state index contributed by atoms with van der Waals surface area (Å²) in [4.78, 5) is 21.2. The number of nitrogens with two attached hydrogens (primary N) is 1. The van der Waals surface area contributed by atoms with Crippen LogP contribution in [-0.2, 0) is 19.1 Å². The minimum atomic E-state index is -0.499. The van der Waals surface area contributed by atoms with Gasteiger partial charge in [-0.25, -0.2) is 5.01 Å². The van der Waals surface area contributed by atoms with E-state index in [4.69, 9.17) is 5.84 Å². The monoisotopic (exact) mass is 176 g/mol. The van der Waals surface area contributed by atoms with Crippen molar-refractivity contribution in [2.75, 3.05) is 27.3 Å². The average molecular weight is 176 g/mol. The standard InChI is InChI=1S/C6H12N2O4/c1-11-5(9)3-8(7)4-6(10)12-2/h3-4,7H2,1-2H3. The van der Waals surface area contributed by atoms with Crippen LogP contribution in [0.15, 0.2) is 0 Å². The van der Waals surface area contributed by atoms with Crippen molar-refractivity contribution in [2.45, 2.75) is 0 Å². The molecule has 0 aliphatic carbocycles. The summed E-state index contributed by atoms with van der Waals surface area (Å²) in [5.41, 5.74) is 0. The second-order valence-electron chi connectivity index (χ2n) is 2.06. The minimum absolute atomic E-state index is 0.133. The van der Waals surface area contributed by atoms with Gasteiger partial charge in [0.25, 0.3) is 0 Å². The number of methoxy groups -OCH3 is 2. The van der Waals surface area contributed by atoms with Crippen LogP contribution in [0.25, 0.3) is 0 Å². The van der Waals surface area contributed by atoms with E-state index in [2.05, 4.69) is 9.47 Å². The maximum absolute atomic E-state index is 10.6. The van der Waals surface area contributed by atoms with Gasteiger partial charge in [-0.2, -0.15) is 0 Å². The summed E-state index contributed by atoms with van der Waals surface area (Å²) < 4.78 is 8.65. The number of rotatable bonds is 4. The minimum Gasteiger partial charge on any atom is -0.468 e. The van der Waals surface area contributed by atoms with E-state index in [9.17, 15) is 9.59 Å². The zero-order valence-corrected chi connectivity index (χ0v) is 7.07. The van der Waals surface area contributed by atoms with Crippen molar-refractivity contribution < 1.29 is 19.1 Å². The molecule has 0 spiro atoms. The van der Waals surface area contributed by atoms with Crippen molar-refractivity contribution in [3.8, 4) is 0 Å². The molecule has 0 aromatic carbocycles. The lowest BCUT2D eigenvalue weighted by molar-refractivity contribution is -0.145. The highest BCUT2D eigenvalue weighted by Gasteiger charge is 2.10. The highest BCUT2D eigenvalue weighted by Crippen LogP contribution is 1.82. The van der Waals surface area contributed by atoms with E-state index in [1.165, 1.54) is 14.2 Å². The van der Waals surface area contributed by atoms with Gasteiger partial charge in [0, 0.05) is 0 Å². The van der Waals surface area contributed by atoms with Crippen LogP contribution in [0.4, 0.5) is 0 Å². The molecule has 0 atom stereocenters. The second kappa shape index (κ2) is 5.50. The fraction of sp³-hybridized carbons (Fsp3) is 0.667. The van der Waals surface area contributed by atoms with Crippen molar-refractivity contribution in [3.05, 3.63) is 0 Å². The molecule has 0 aromatic rings. The third kappa shape index (κ3) is 4.64. The molecule has 0 saturated carbocycles. The maximum Gasteiger partial charge on any atom is 0.321 e. The summed E-state index contributed by atoms with van der Waals surface area (Å²) in [7, 11) is 2.49. The summed E-state index contributed by atoms with van der Waals surface area (Å²) in [6, 6.07) is 0. The van der Waals surface area contributed by atoms with Crippen molar-refractivity contribution >= 4 is 11.9 Å². The van der Waals surface area contributed by atoms with Crippen molar-refractivity contribution in [2.24, 2.45) is 5.84 Å². The molecular weight excluding hydrogens is 164 g/mol. The van der Waals surface area contributed by atoms with E-state index >= 15 is 0 Å². The number of hydrazine groups is 1. The van der Waals surface area contributed by atoms with Gasteiger partial charge in [0.05, 0.1) is 14.2 Å². The third-order valence-corrected chi connectivity index (χ3v) is 1.12. The largest absolute Gasteiger partial charge is 0.468 e. The van der Waals surface area contributed by atoms with Gasteiger partial charge in [0.2, 0.25) is 0 Å². The molecule has 0 fully saturated rings. The Morgan fingerprint density at radius 3 is 1.75 bits per heavy atom. The van der Waals surface area contributed by atoms with E-state index in [1.54, 1.807) is 0 Å². The number of ether oxygens (including phenoxy) is 2. The molecule has 12 heavy (non-hydrogen) atoms. The van der Waals surface area contributed by atoms with Crippen molar-refractivity contribution in [1.82, 2.24) is 5.01 Å². The Balaban J connectivity index is 3.66. The summed E-state index contributed by atoms with van der Waals surface area (Å²) in [5, 5.41) is 1.01. The lowest BCUT2D eigenvalue weighted by Gasteiger charge is -2.12. The SMILES string of the molecule is COC(=O)CN(N)CC(=O)OC. The fourth-order valence-corrected chi connectivity index (χ4v) is 0.517. The average Bonchev–Trinajstić information content (AvgIpc) is 2.03. The Kier molecular flexibility index (Phi) is 4.98. The van der Waals surface area contributed by atoms with Gasteiger partial charge in [-0.15, -0.1) is 0 Å². The first-order valence-corrected chi connectivity index (χ1v) is 3.23. The molecule has 0 aliphatic rings. The molecule has 0 amide bonds. The van der Waals surface area contributed by atoms with Crippen molar-refractivity contribution in [1.29, 1.82) is 0 Å². The van der Waals surface area contributed by atoms with Crippen molar-refractivity contribution in [3.63, 3.8) is 0 Å². The number of carbonyl (C=O) groups excluding carboxylic acids is 2. The van der Waals surface area contributed by atoms with E-state index < -0.39 is 11.9 Å². The highest BCUT2D eigenvalue weighted by molar-refractivity contribution is 5.74. The number of hydrogen-bond donors (Lipinski definition) is 1. The lowest BCUT2D eigenvalue weighted by Crippen LogP contribution is -2.40. The Labute approximate surface area is 70.2 Å². The van der Waals surface area contributed by atoms with E-state index in [0.717, 1.165) is 5.01 Å². The molecule has 0 unspecified atom stereocenters. The van der Waals surface area contributed by atoms with Gasteiger partial charge in [0.15, 0.2) is 0 Å². The van der Waals surface area contributed by atoms with Gasteiger partial charge < -0.3 is 9.47 Å². The van der Waals surface area contributed by atoms with Crippen LogP contribution < -0.4 is 5.84 Å². The number of esters is 2. The molecule has 70 valence electrons. The fourth-order valence-electron chi connectivity index (χ4n) is 0.517. The molecular formula is C6H12N2O4. The summed E-state index contributed by atoms with van der Waals surface area (Å²) in [6.07, 6.45) is 0. The first-order chi connectivity index (χ1) is 5.60. The number of nitrogens with zero attached hydrogens (tertiary/aromatic N) is 1. The number of hydrogen-bond acceptors (Lipinski definition) is 6. The number of carbonyl (C=O) groups is 2. The van der Waals surface area contributed by atoms with Crippen LogP contribution in [0, 0.1) is 0 Å². The Hall–Kier alpha value is -1.14. The zero-order chi connectivity index (χ0) is 9.56. The topological polar surface area (TPSA) is 81.9 Å². The lowest BCUT2D eigenvalue weighted by atomic mass is 10.5. The molecule has 0 bridgehead atoms. The van der Waals surface area contributed by atoms with E-state index in [-0.39, 0.29) is 13.1 Å². The molecule has 0 saturated heterocycles. The predicted molar refractivity (Wildman–Crippen MR) is 39.8 cm³/mol. The molecule has 0 radical (unpaired) electrons. The van der Waals surface area contributed by atoms with Crippen LogP contribution in [0.5, 0.6) is 0 Å².